The number of carbonyl (C=O) groups is 1. The maximum atomic E-state index is 11.7. The van der Waals surface area contributed by atoms with Gasteiger partial charge in [-0.25, -0.2) is 0 Å². The first-order chi connectivity index (χ1) is 6.75. The van der Waals surface area contributed by atoms with Crippen molar-refractivity contribution in [2.75, 3.05) is 6.54 Å². The molecule has 1 fully saturated rings. The molecular formula is C11H22N2O. The third kappa shape index (κ3) is 3.29. The largest absolute Gasteiger partial charge is 0.356 e. The molecule has 0 heterocycles. The normalized spacial score (nSPS) is 28.1. The van der Waals surface area contributed by atoms with Crippen LogP contribution in [0.1, 0.15) is 45.4 Å². The molecule has 0 aliphatic heterocycles. The summed E-state index contributed by atoms with van der Waals surface area (Å²) in [6, 6.07) is 0.0781. The Hall–Kier alpha value is -0.570. The van der Waals surface area contributed by atoms with Crippen molar-refractivity contribution < 1.29 is 4.79 Å². The predicted octanol–water partition coefficient (Wildman–Crippen LogP) is 1.42. The molecule has 3 heteroatoms. The van der Waals surface area contributed by atoms with Gasteiger partial charge in [-0.15, -0.1) is 0 Å². The SMILES string of the molecule is CCCNC(=O)C1CCCCCC1N. The number of nitrogens with one attached hydrogen (secondary N) is 1. The predicted molar refractivity (Wildman–Crippen MR) is 57.9 cm³/mol. The maximum Gasteiger partial charge on any atom is 0.224 e. The zero-order chi connectivity index (χ0) is 10.4. The lowest BCUT2D eigenvalue weighted by Gasteiger charge is -2.20. The number of amides is 1. The van der Waals surface area contributed by atoms with Gasteiger partial charge in [-0.2, -0.15) is 0 Å². The quantitative estimate of drug-likeness (QED) is 0.674. The molecule has 3 nitrogen and oxygen atoms in total. The van der Waals surface area contributed by atoms with Gasteiger partial charge in [0.1, 0.15) is 0 Å². The van der Waals surface area contributed by atoms with E-state index in [2.05, 4.69) is 12.2 Å². The minimum Gasteiger partial charge on any atom is -0.356 e. The Bertz CT molecular complexity index is 182. The van der Waals surface area contributed by atoms with Gasteiger partial charge in [-0.1, -0.05) is 26.2 Å². The molecule has 1 aliphatic carbocycles. The fraction of sp³-hybridized carbons (Fsp3) is 0.909. The van der Waals surface area contributed by atoms with E-state index in [0.29, 0.717) is 0 Å². The second-order valence-electron chi connectivity index (χ2n) is 4.20. The van der Waals surface area contributed by atoms with Crippen molar-refractivity contribution in [3.05, 3.63) is 0 Å². The molecule has 0 aromatic carbocycles. The Balaban J connectivity index is 2.41. The molecule has 2 unspecified atom stereocenters. The van der Waals surface area contributed by atoms with E-state index in [1.54, 1.807) is 0 Å². The summed E-state index contributed by atoms with van der Waals surface area (Å²) in [5.74, 6) is 0.227. The van der Waals surface area contributed by atoms with Crippen molar-refractivity contribution >= 4 is 5.91 Å². The molecule has 0 radical (unpaired) electrons. The molecule has 1 amide bonds. The Kier molecular flexibility index (Phi) is 4.94. The Morgan fingerprint density at radius 2 is 2.07 bits per heavy atom. The van der Waals surface area contributed by atoms with E-state index in [0.717, 1.165) is 32.2 Å². The van der Waals surface area contributed by atoms with Crippen LogP contribution in [0.15, 0.2) is 0 Å². The topological polar surface area (TPSA) is 55.1 Å². The first-order valence-corrected chi connectivity index (χ1v) is 5.79. The highest BCUT2D eigenvalue weighted by Crippen LogP contribution is 2.22. The summed E-state index contributed by atoms with van der Waals surface area (Å²) in [6.07, 6.45) is 6.52. The second-order valence-corrected chi connectivity index (χ2v) is 4.20. The molecule has 1 aliphatic rings. The Morgan fingerprint density at radius 3 is 2.79 bits per heavy atom. The molecule has 0 saturated heterocycles. The van der Waals surface area contributed by atoms with Crippen LogP contribution in [0.3, 0.4) is 0 Å². The molecule has 0 bridgehead atoms. The summed E-state index contributed by atoms with van der Waals surface area (Å²) in [6.45, 7) is 2.84. The number of nitrogens with two attached hydrogens (primary N) is 1. The Labute approximate surface area is 86.4 Å². The van der Waals surface area contributed by atoms with Crippen molar-refractivity contribution in [3.63, 3.8) is 0 Å². The first-order valence-electron chi connectivity index (χ1n) is 5.79. The monoisotopic (exact) mass is 198 g/mol. The fourth-order valence-electron chi connectivity index (χ4n) is 2.04. The fourth-order valence-corrected chi connectivity index (χ4v) is 2.04. The van der Waals surface area contributed by atoms with Crippen LogP contribution in [0.2, 0.25) is 0 Å². The van der Waals surface area contributed by atoms with Crippen LogP contribution in [0.4, 0.5) is 0 Å². The number of rotatable bonds is 3. The molecular weight excluding hydrogens is 176 g/mol. The number of hydrogen-bond acceptors (Lipinski definition) is 2. The van der Waals surface area contributed by atoms with Crippen molar-refractivity contribution in [3.8, 4) is 0 Å². The summed E-state index contributed by atoms with van der Waals surface area (Å²) in [5, 5.41) is 2.94. The van der Waals surface area contributed by atoms with Crippen LogP contribution in [0, 0.1) is 5.92 Å². The van der Waals surface area contributed by atoms with Gasteiger partial charge >= 0.3 is 0 Å². The smallest absolute Gasteiger partial charge is 0.224 e. The molecule has 0 aromatic rings. The highest BCUT2D eigenvalue weighted by Gasteiger charge is 2.26. The average molecular weight is 198 g/mol. The molecule has 3 N–H and O–H groups in total. The van der Waals surface area contributed by atoms with Crippen LogP contribution < -0.4 is 11.1 Å². The highest BCUT2D eigenvalue weighted by molar-refractivity contribution is 5.79. The van der Waals surface area contributed by atoms with Gasteiger partial charge < -0.3 is 11.1 Å². The first kappa shape index (κ1) is 11.5. The van der Waals surface area contributed by atoms with Crippen LogP contribution in [0.25, 0.3) is 0 Å². The lowest BCUT2D eigenvalue weighted by atomic mass is 9.94. The van der Waals surface area contributed by atoms with E-state index in [9.17, 15) is 4.79 Å². The zero-order valence-electron chi connectivity index (χ0n) is 9.09. The van der Waals surface area contributed by atoms with Gasteiger partial charge in [0.2, 0.25) is 5.91 Å². The summed E-state index contributed by atoms with van der Waals surface area (Å²) in [7, 11) is 0. The second kappa shape index (κ2) is 6.02. The Morgan fingerprint density at radius 1 is 1.36 bits per heavy atom. The molecule has 0 spiro atoms. The van der Waals surface area contributed by atoms with Crippen molar-refractivity contribution in [1.82, 2.24) is 5.32 Å². The lowest BCUT2D eigenvalue weighted by Crippen LogP contribution is -2.41. The van der Waals surface area contributed by atoms with Gasteiger partial charge in [0.15, 0.2) is 0 Å². The minimum atomic E-state index is 0.0593. The molecule has 1 saturated carbocycles. The lowest BCUT2D eigenvalue weighted by molar-refractivity contribution is -0.125. The summed E-state index contributed by atoms with van der Waals surface area (Å²) in [4.78, 5) is 11.7. The van der Waals surface area contributed by atoms with E-state index in [4.69, 9.17) is 5.73 Å². The van der Waals surface area contributed by atoms with Crippen LogP contribution in [-0.4, -0.2) is 18.5 Å². The third-order valence-corrected chi connectivity index (χ3v) is 2.96. The van der Waals surface area contributed by atoms with Gasteiger partial charge in [0.25, 0.3) is 0 Å². The zero-order valence-corrected chi connectivity index (χ0v) is 9.09. The van der Waals surface area contributed by atoms with E-state index in [1.165, 1.54) is 12.8 Å². The standard InChI is InChI=1S/C11H22N2O/c1-2-8-13-11(14)9-6-4-3-5-7-10(9)12/h9-10H,2-8,12H2,1H3,(H,13,14). The number of carbonyl (C=O) groups excluding carboxylic acids is 1. The van der Waals surface area contributed by atoms with Gasteiger partial charge in [-0.05, 0) is 19.3 Å². The van der Waals surface area contributed by atoms with Gasteiger partial charge in [0.05, 0.1) is 5.92 Å². The third-order valence-electron chi connectivity index (χ3n) is 2.96. The van der Waals surface area contributed by atoms with Crippen molar-refractivity contribution in [2.24, 2.45) is 11.7 Å². The van der Waals surface area contributed by atoms with Crippen molar-refractivity contribution in [1.29, 1.82) is 0 Å². The summed E-state index contributed by atoms with van der Waals surface area (Å²) < 4.78 is 0. The number of hydrogen-bond donors (Lipinski definition) is 2. The minimum absolute atomic E-state index is 0.0593. The summed E-state index contributed by atoms with van der Waals surface area (Å²) >= 11 is 0. The molecule has 14 heavy (non-hydrogen) atoms. The maximum absolute atomic E-state index is 11.7. The van der Waals surface area contributed by atoms with Gasteiger partial charge in [-0.3, -0.25) is 4.79 Å². The van der Waals surface area contributed by atoms with Crippen LogP contribution in [0.5, 0.6) is 0 Å². The molecule has 1 rings (SSSR count). The molecule has 0 aromatic heterocycles. The highest BCUT2D eigenvalue weighted by atomic mass is 16.1. The van der Waals surface area contributed by atoms with Crippen molar-refractivity contribution in [2.45, 2.75) is 51.5 Å². The van der Waals surface area contributed by atoms with E-state index < -0.39 is 0 Å². The summed E-state index contributed by atoms with van der Waals surface area (Å²) in [5.41, 5.74) is 5.99. The molecule has 82 valence electrons. The van der Waals surface area contributed by atoms with Crippen LogP contribution >= 0.6 is 0 Å². The van der Waals surface area contributed by atoms with E-state index >= 15 is 0 Å². The van der Waals surface area contributed by atoms with E-state index in [1.807, 2.05) is 0 Å². The van der Waals surface area contributed by atoms with Crippen LogP contribution in [-0.2, 0) is 4.79 Å². The van der Waals surface area contributed by atoms with E-state index in [-0.39, 0.29) is 17.9 Å². The molecule has 2 atom stereocenters. The van der Waals surface area contributed by atoms with Gasteiger partial charge in [0, 0.05) is 12.6 Å². The average Bonchev–Trinajstić information content (AvgIpc) is 2.39.